The Bertz CT molecular complexity index is 557. The lowest BCUT2D eigenvalue weighted by molar-refractivity contribution is -0.116. The van der Waals surface area contributed by atoms with E-state index in [1.54, 1.807) is 11.0 Å². The Morgan fingerprint density at radius 1 is 1.56 bits per heavy atom. The van der Waals surface area contributed by atoms with Gasteiger partial charge < -0.3 is 9.88 Å². The molecule has 16 heavy (non-hydrogen) atoms. The van der Waals surface area contributed by atoms with Crippen molar-refractivity contribution in [2.45, 2.75) is 11.8 Å². The van der Waals surface area contributed by atoms with Crippen LogP contribution >= 0.6 is 0 Å². The van der Waals surface area contributed by atoms with Gasteiger partial charge in [-0.1, -0.05) is 0 Å². The van der Waals surface area contributed by atoms with Crippen LogP contribution in [0.25, 0.3) is 0 Å². The highest BCUT2D eigenvalue weighted by Crippen LogP contribution is 2.66. The van der Waals surface area contributed by atoms with E-state index in [4.69, 9.17) is 0 Å². The first-order valence-corrected chi connectivity index (χ1v) is 5.43. The number of amides is 1. The van der Waals surface area contributed by atoms with E-state index in [9.17, 15) is 9.59 Å². The van der Waals surface area contributed by atoms with Gasteiger partial charge in [0.15, 0.2) is 0 Å². The molecule has 2 aliphatic carbocycles. The number of nitrogens with one attached hydrogen (secondary N) is 1. The fraction of sp³-hybridized carbons (Fsp3) is 0.333. The number of aromatic amines is 1. The van der Waals surface area contributed by atoms with Gasteiger partial charge in [0.05, 0.1) is 5.69 Å². The molecule has 0 aromatic carbocycles. The molecule has 2 fully saturated rings. The molecule has 0 radical (unpaired) electrons. The molecular formula is C12H10N2O2. The lowest BCUT2D eigenvalue weighted by Crippen LogP contribution is -2.27. The zero-order chi connectivity index (χ0) is 10.9. The fourth-order valence-electron chi connectivity index (χ4n) is 3.38. The highest BCUT2D eigenvalue weighted by atomic mass is 16.1. The summed E-state index contributed by atoms with van der Waals surface area (Å²) < 4.78 is 0. The lowest BCUT2D eigenvalue weighted by atomic mass is 9.85. The van der Waals surface area contributed by atoms with Crippen molar-refractivity contribution in [2.24, 2.45) is 5.92 Å². The first-order chi connectivity index (χ1) is 7.77. The Labute approximate surface area is 91.9 Å². The maximum absolute atomic E-state index is 11.9. The maximum Gasteiger partial charge on any atom is 0.213 e. The van der Waals surface area contributed by atoms with Crippen LogP contribution < -0.4 is 0 Å². The number of piperidine rings is 1. The monoisotopic (exact) mass is 214 g/mol. The van der Waals surface area contributed by atoms with Crippen molar-refractivity contribution in [3.8, 4) is 0 Å². The van der Waals surface area contributed by atoms with Gasteiger partial charge >= 0.3 is 0 Å². The van der Waals surface area contributed by atoms with Crippen molar-refractivity contribution in [3.63, 3.8) is 0 Å². The van der Waals surface area contributed by atoms with Crippen molar-refractivity contribution in [1.82, 2.24) is 9.88 Å². The molecule has 1 aromatic heterocycles. The molecule has 0 bridgehead atoms. The van der Waals surface area contributed by atoms with Gasteiger partial charge in [0.1, 0.15) is 0 Å². The van der Waals surface area contributed by atoms with E-state index in [-0.39, 0.29) is 11.2 Å². The van der Waals surface area contributed by atoms with Crippen molar-refractivity contribution in [2.75, 3.05) is 6.54 Å². The number of rotatable bonds is 1. The number of likely N-dealkylation sites (tertiary alicyclic amines) is 1. The van der Waals surface area contributed by atoms with E-state index >= 15 is 0 Å². The summed E-state index contributed by atoms with van der Waals surface area (Å²) >= 11 is 0. The molecule has 4 rings (SSSR count). The third kappa shape index (κ3) is 0.681. The molecule has 2 heterocycles. The second-order valence-electron chi connectivity index (χ2n) is 4.79. The van der Waals surface area contributed by atoms with Crippen LogP contribution in [0.4, 0.5) is 0 Å². The third-order valence-electron chi connectivity index (χ3n) is 4.16. The highest BCUT2D eigenvalue weighted by molar-refractivity contribution is 6.07. The normalized spacial score (nSPS) is 34.0. The zero-order valence-corrected chi connectivity index (χ0v) is 8.56. The molecule has 80 valence electrons. The van der Waals surface area contributed by atoms with Crippen LogP contribution in [0.2, 0.25) is 0 Å². The topological polar surface area (TPSA) is 53.2 Å². The Kier molecular flexibility index (Phi) is 1.19. The maximum atomic E-state index is 11.9. The predicted molar refractivity (Wildman–Crippen MR) is 55.8 cm³/mol. The van der Waals surface area contributed by atoms with E-state index in [1.807, 2.05) is 12.3 Å². The van der Waals surface area contributed by atoms with E-state index in [0.717, 1.165) is 30.6 Å². The Morgan fingerprint density at radius 3 is 3.25 bits per heavy atom. The first-order valence-electron chi connectivity index (χ1n) is 5.43. The second-order valence-corrected chi connectivity index (χ2v) is 4.79. The number of hydrogen-bond acceptors (Lipinski definition) is 2. The van der Waals surface area contributed by atoms with Gasteiger partial charge in [0, 0.05) is 29.9 Å². The van der Waals surface area contributed by atoms with Crippen molar-refractivity contribution < 1.29 is 9.59 Å². The number of aromatic nitrogens is 1. The van der Waals surface area contributed by atoms with Gasteiger partial charge in [0.25, 0.3) is 0 Å². The Hall–Kier alpha value is -1.84. The summed E-state index contributed by atoms with van der Waals surface area (Å²) in [6.07, 6.45) is 5.35. The van der Waals surface area contributed by atoms with E-state index in [1.165, 1.54) is 0 Å². The molecule has 1 spiro atoms. The summed E-state index contributed by atoms with van der Waals surface area (Å²) in [7, 11) is 0. The van der Waals surface area contributed by atoms with Crippen molar-refractivity contribution in [1.29, 1.82) is 0 Å². The minimum Gasteiger partial charge on any atom is -0.358 e. The van der Waals surface area contributed by atoms with Gasteiger partial charge in [-0.3, -0.25) is 9.59 Å². The molecule has 1 N–H and O–H groups in total. The van der Waals surface area contributed by atoms with E-state index < -0.39 is 0 Å². The number of H-pyrrole nitrogens is 1. The van der Waals surface area contributed by atoms with Crippen LogP contribution in [0.15, 0.2) is 24.0 Å². The van der Waals surface area contributed by atoms with Crippen LogP contribution in [0.3, 0.4) is 0 Å². The second kappa shape index (κ2) is 2.29. The predicted octanol–water partition coefficient (Wildman–Crippen LogP) is 0.825. The van der Waals surface area contributed by atoms with Gasteiger partial charge in [-0.2, -0.15) is 0 Å². The number of carbonyl (C=O) groups excluding carboxylic acids is 2. The number of carbonyl (C=O) groups is 2. The summed E-state index contributed by atoms with van der Waals surface area (Å²) in [6.45, 7) is 0.757. The molecule has 3 aliphatic rings. The fourth-order valence-corrected chi connectivity index (χ4v) is 3.38. The molecule has 0 unspecified atom stereocenters. The molecule has 1 amide bonds. The van der Waals surface area contributed by atoms with Crippen LogP contribution in [0.5, 0.6) is 0 Å². The molecule has 1 aliphatic heterocycles. The minimum atomic E-state index is -0.0237. The summed E-state index contributed by atoms with van der Waals surface area (Å²) in [5.41, 5.74) is 2.68. The summed E-state index contributed by atoms with van der Waals surface area (Å²) in [5, 5.41) is 0. The van der Waals surface area contributed by atoms with Gasteiger partial charge in [-0.15, -0.1) is 0 Å². The average molecular weight is 214 g/mol. The van der Waals surface area contributed by atoms with Gasteiger partial charge in [-0.25, -0.2) is 0 Å². The van der Waals surface area contributed by atoms with Crippen LogP contribution in [0.1, 0.15) is 22.5 Å². The molecule has 1 saturated carbocycles. The Balaban J connectivity index is 1.98. The van der Waals surface area contributed by atoms with E-state index in [0.29, 0.717) is 11.6 Å². The molecule has 4 heteroatoms. The van der Waals surface area contributed by atoms with E-state index in [2.05, 4.69) is 4.98 Å². The third-order valence-corrected chi connectivity index (χ3v) is 4.16. The van der Waals surface area contributed by atoms with Gasteiger partial charge in [-0.05, 0) is 24.0 Å². The SMILES string of the molecule is O=CN1C[C@H]2C[C@@]23C1=CC(=O)c1[nH]ccc13. The first kappa shape index (κ1) is 8.33. The quantitative estimate of drug-likeness (QED) is 0.704. The molecular weight excluding hydrogens is 204 g/mol. The average Bonchev–Trinajstić information content (AvgIpc) is 2.70. The summed E-state index contributed by atoms with van der Waals surface area (Å²) in [5.74, 6) is 0.492. The van der Waals surface area contributed by atoms with Crippen molar-refractivity contribution >= 4 is 12.2 Å². The Morgan fingerprint density at radius 2 is 2.44 bits per heavy atom. The van der Waals surface area contributed by atoms with Crippen LogP contribution in [0, 0.1) is 5.92 Å². The molecule has 4 nitrogen and oxygen atoms in total. The summed E-state index contributed by atoms with van der Waals surface area (Å²) in [4.78, 5) is 27.5. The number of hydrogen-bond donors (Lipinski definition) is 1. The molecule has 2 atom stereocenters. The van der Waals surface area contributed by atoms with Gasteiger partial charge in [0.2, 0.25) is 12.2 Å². The molecule has 1 saturated heterocycles. The largest absolute Gasteiger partial charge is 0.358 e. The number of allylic oxidation sites excluding steroid dienone is 2. The standard InChI is InChI=1S/C12H10N2O2/c15-6-14-5-7-4-12(7)8-1-2-13-11(8)9(16)3-10(12)14/h1-3,6-7,13H,4-5H2/t7-,12-/m1/s1. The van der Waals surface area contributed by atoms with Crippen LogP contribution in [-0.4, -0.2) is 28.6 Å². The number of fused-ring (bicyclic) bond motifs is 1. The molecule has 1 aromatic rings. The van der Waals surface area contributed by atoms with Crippen LogP contribution in [-0.2, 0) is 10.2 Å². The zero-order valence-electron chi connectivity index (χ0n) is 8.56. The lowest BCUT2D eigenvalue weighted by Gasteiger charge is -2.24. The summed E-state index contributed by atoms with van der Waals surface area (Å²) in [6, 6.07) is 1.98. The highest BCUT2D eigenvalue weighted by Gasteiger charge is 2.66. The number of nitrogens with zero attached hydrogens (tertiary/aromatic N) is 1. The minimum absolute atomic E-state index is 0.0139. The van der Waals surface area contributed by atoms with Crippen molar-refractivity contribution in [3.05, 3.63) is 35.3 Å². The smallest absolute Gasteiger partial charge is 0.213 e. The number of ketones is 1.